The van der Waals surface area contributed by atoms with Crippen molar-refractivity contribution in [3.05, 3.63) is 29.8 Å². The Hall–Kier alpha value is -1.35. The Morgan fingerprint density at radius 2 is 2.24 bits per heavy atom. The summed E-state index contributed by atoms with van der Waals surface area (Å²) in [4.78, 5) is 13.9. The lowest BCUT2D eigenvalue weighted by Gasteiger charge is -2.21. The molecule has 0 N–H and O–H groups in total. The number of benzene rings is 1. The molecule has 1 aromatic carbocycles. The molecule has 1 aliphatic rings. The Bertz CT molecular complexity index is 403. The molecule has 0 aromatic heterocycles. The molecular weight excluding hydrogens is 214 g/mol. The molecule has 1 heterocycles. The second kappa shape index (κ2) is 5.32. The van der Waals surface area contributed by atoms with E-state index in [9.17, 15) is 4.79 Å². The topological polar surface area (TPSA) is 29.5 Å². The zero-order valence-electron chi connectivity index (χ0n) is 10.5. The molecule has 1 aliphatic heterocycles. The van der Waals surface area contributed by atoms with Gasteiger partial charge in [0.15, 0.2) is 5.78 Å². The molecule has 0 bridgehead atoms. The summed E-state index contributed by atoms with van der Waals surface area (Å²) in [6, 6.07) is 7.85. The molecule has 1 aromatic rings. The number of rotatable bonds is 4. The minimum absolute atomic E-state index is 0.135. The summed E-state index contributed by atoms with van der Waals surface area (Å²) in [5, 5.41) is 0. The van der Waals surface area contributed by atoms with Gasteiger partial charge in [-0.15, -0.1) is 0 Å². The van der Waals surface area contributed by atoms with Gasteiger partial charge in [0.25, 0.3) is 0 Å². The van der Waals surface area contributed by atoms with Crippen molar-refractivity contribution in [2.75, 3.05) is 31.7 Å². The predicted octanol–water partition coefficient (Wildman–Crippen LogP) is 2.36. The minimum atomic E-state index is 0.135. The van der Waals surface area contributed by atoms with Crippen molar-refractivity contribution in [3.8, 4) is 0 Å². The van der Waals surface area contributed by atoms with Crippen LogP contribution >= 0.6 is 0 Å². The molecule has 3 nitrogen and oxygen atoms in total. The summed E-state index contributed by atoms with van der Waals surface area (Å²) < 4.78 is 5.19. The Morgan fingerprint density at radius 3 is 2.94 bits per heavy atom. The lowest BCUT2D eigenvalue weighted by atomic mass is 10.1. The zero-order valence-corrected chi connectivity index (χ0v) is 10.5. The van der Waals surface area contributed by atoms with Crippen LogP contribution in [0.15, 0.2) is 24.3 Å². The highest BCUT2D eigenvalue weighted by molar-refractivity contribution is 5.99. The van der Waals surface area contributed by atoms with Crippen molar-refractivity contribution in [2.24, 2.45) is 5.92 Å². The third-order valence-electron chi connectivity index (χ3n) is 3.31. The Kier molecular flexibility index (Phi) is 3.79. The summed E-state index contributed by atoms with van der Waals surface area (Å²) in [6.45, 7) is 4.43. The lowest BCUT2D eigenvalue weighted by Crippen LogP contribution is -2.22. The number of hydrogen-bond acceptors (Lipinski definition) is 3. The van der Waals surface area contributed by atoms with Gasteiger partial charge in [-0.3, -0.25) is 4.79 Å². The number of hydrogen-bond donors (Lipinski definition) is 0. The smallest absolute Gasteiger partial charge is 0.161 e. The van der Waals surface area contributed by atoms with E-state index in [-0.39, 0.29) is 5.78 Å². The van der Waals surface area contributed by atoms with Gasteiger partial charge in [0.1, 0.15) is 0 Å². The molecule has 1 atom stereocenters. The Balaban J connectivity index is 2.16. The van der Waals surface area contributed by atoms with Crippen LogP contribution in [0.5, 0.6) is 0 Å². The predicted molar refractivity (Wildman–Crippen MR) is 68.6 cm³/mol. The first-order valence-electron chi connectivity index (χ1n) is 6.06. The maximum Gasteiger partial charge on any atom is 0.161 e. The van der Waals surface area contributed by atoms with Crippen LogP contribution in [0.1, 0.15) is 23.7 Å². The minimum Gasteiger partial charge on any atom is -0.384 e. The molecule has 92 valence electrons. The number of ketones is 1. The van der Waals surface area contributed by atoms with Gasteiger partial charge in [-0.25, -0.2) is 0 Å². The van der Waals surface area contributed by atoms with E-state index >= 15 is 0 Å². The molecular formula is C14H19NO2. The van der Waals surface area contributed by atoms with E-state index in [1.54, 1.807) is 14.0 Å². The fourth-order valence-corrected chi connectivity index (χ4v) is 2.47. The fourth-order valence-electron chi connectivity index (χ4n) is 2.47. The second-order valence-electron chi connectivity index (χ2n) is 4.63. The van der Waals surface area contributed by atoms with Crippen molar-refractivity contribution in [2.45, 2.75) is 13.3 Å². The molecule has 0 saturated carbocycles. The average molecular weight is 233 g/mol. The highest BCUT2D eigenvalue weighted by Crippen LogP contribution is 2.27. The summed E-state index contributed by atoms with van der Waals surface area (Å²) in [7, 11) is 1.74. The van der Waals surface area contributed by atoms with Gasteiger partial charge < -0.3 is 9.64 Å². The van der Waals surface area contributed by atoms with E-state index in [4.69, 9.17) is 4.74 Å². The summed E-state index contributed by atoms with van der Waals surface area (Å²) in [5.74, 6) is 0.718. The third-order valence-corrected chi connectivity index (χ3v) is 3.31. The standard InChI is InChI=1S/C14H19NO2/c1-11(16)13-5-3-4-6-14(13)15-8-7-12(9-15)10-17-2/h3-6,12H,7-10H2,1-2H3. The number of methoxy groups -OCH3 is 1. The van der Waals surface area contributed by atoms with E-state index < -0.39 is 0 Å². The van der Waals surface area contributed by atoms with Gasteiger partial charge in [-0.1, -0.05) is 12.1 Å². The number of para-hydroxylation sites is 1. The normalized spacial score (nSPS) is 19.6. The van der Waals surface area contributed by atoms with Gasteiger partial charge in [-0.05, 0) is 25.5 Å². The average Bonchev–Trinajstić information content (AvgIpc) is 2.78. The van der Waals surface area contributed by atoms with Crippen molar-refractivity contribution < 1.29 is 9.53 Å². The largest absolute Gasteiger partial charge is 0.384 e. The van der Waals surface area contributed by atoms with Crippen LogP contribution < -0.4 is 4.90 Å². The van der Waals surface area contributed by atoms with Crippen LogP contribution in [-0.4, -0.2) is 32.6 Å². The van der Waals surface area contributed by atoms with Crippen LogP contribution in [0.4, 0.5) is 5.69 Å². The van der Waals surface area contributed by atoms with E-state index in [1.165, 1.54) is 0 Å². The molecule has 0 aliphatic carbocycles. The molecule has 0 spiro atoms. The molecule has 1 unspecified atom stereocenters. The van der Waals surface area contributed by atoms with E-state index in [1.807, 2.05) is 24.3 Å². The van der Waals surface area contributed by atoms with Gasteiger partial charge >= 0.3 is 0 Å². The Labute approximate surface area is 102 Å². The van der Waals surface area contributed by atoms with Crippen LogP contribution in [-0.2, 0) is 4.74 Å². The summed E-state index contributed by atoms with van der Waals surface area (Å²) >= 11 is 0. The number of carbonyl (C=O) groups is 1. The SMILES string of the molecule is COCC1CCN(c2ccccc2C(C)=O)C1. The van der Waals surface area contributed by atoms with Crippen LogP contribution in [0.3, 0.4) is 0 Å². The number of carbonyl (C=O) groups excluding carboxylic acids is 1. The van der Waals surface area contributed by atoms with Crippen molar-refractivity contribution in [1.29, 1.82) is 0 Å². The van der Waals surface area contributed by atoms with E-state index in [0.29, 0.717) is 5.92 Å². The first-order chi connectivity index (χ1) is 8.22. The molecule has 0 radical (unpaired) electrons. The number of anilines is 1. The summed E-state index contributed by atoms with van der Waals surface area (Å²) in [5.41, 5.74) is 1.89. The molecule has 3 heteroatoms. The van der Waals surface area contributed by atoms with Crippen molar-refractivity contribution in [3.63, 3.8) is 0 Å². The van der Waals surface area contributed by atoms with E-state index in [0.717, 1.165) is 37.4 Å². The van der Waals surface area contributed by atoms with Gasteiger partial charge in [0, 0.05) is 37.4 Å². The Morgan fingerprint density at radius 1 is 1.47 bits per heavy atom. The first-order valence-corrected chi connectivity index (χ1v) is 6.06. The molecule has 1 saturated heterocycles. The van der Waals surface area contributed by atoms with E-state index in [2.05, 4.69) is 4.90 Å². The quantitative estimate of drug-likeness (QED) is 0.748. The van der Waals surface area contributed by atoms with Crippen LogP contribution in [0.2, 0.25) is 0 Å². The van der Waals surface area contributed by atoms with Crippen LogP contribution in [0.25, 0.3) is 0 Å². The second-order valence-corrected chi connectivity index (χ2v) is 4.63. The zero-order chi connectivity index (χ0) is 12.3. The fraction of sp³-hybridized carbons (Fsp3) is 0.500. The van der Waals surface area contributed by atoms with Gasteiger partial charge in [0.2, 0.25) is 0 Å². The number of Topliss-reactive ketones (excluding diaryl/α,β-unsaturated/α-hetero) is 1. The third kappa shape index (κ3) is 2.67. The highest BCUT2D eigenvalue weighted by Gasteiger charge is 2.24. The molecule has 17 heavy (non-hydrogen) atoms. The highest BCUT2D eigenvalue weighted by atomic mass is 16.5. The number of nitrogens with zero attached hydrogens (tertiary/aromatic N) is 1. The summed E-state index contributed by atoms with van der Waals surface area (Å²) in [6.07, 6.45) is 1.14. The first kappa shape index (κ1) is 12.1. The monoisotopic (exact) mass is 233 g/mol. The van der Waals surface area contributed by atoms with Gasteiger partial charge in [0.05, 0.1) is 6.61 Å². The van der Waals surface area contributed by atoms with Crippen molar-refractivity contribution in [1.82, 2.24) is 0 Å². The maximum absolute atomic E-state index is 11.6. The molecule has 0 amide bonds. The van der Waals surface area contributed by atoms with Crippen LogP contribution in [0, 0.1) is 5.92 Å². The van der Waals surface area contributed by atoms with Gasteiger partial charge in [-0.2, -0.15) is 0 Å². The molecule has 2 rings (SSSR count). The molecule has 1 fully saturated rings. The maximum atomic E-state index is 11.6. The number of ether oxygens (including phenoxy) is 1. The lowest BCUT2D eigenvalue weighted by molar-refractivity contribution is 0.101. The van der Waals surface area contributed by atoms with Crippen molar-refractivity contribution >= 4 is 11.5 Å².